The number of nitrogens with one attached hydrogen (secondary N) is 1. The molecule has 0 saturated carbocycles. The van der Waals surface area contributed by atoms with Crippen LogP contribution in [0.25, 0.3) is 0 Å². The average molecular weight is 273 g/mol. The molecule has 0 aliphatic heterocycles. The number of phenols is 1. The molecule has 2 N–H and O–H groups in total. The van der Waals surface area contributed by atoms with Crippen LogP contribution in [-0.4, -0.2) is 5.11 Å². The second-order valence-corrected chi connectivity index (χ2v) is 6.03. The van der Waals surface area contributed by atoms with Gasteiger partial charge in [0.25, 0.3) is 0 Å². The summed E-state index contributed by atoms with van der Waals surface area (Å²) < 4.78 is 0. The first-order chi connectivity index (χ1) is 9.24. The average Bonchev–Trinajstić information content (AvgIpc) is 2.82. The number of benzene rings is 1. The van der Waals surface area contributed by atoms with Gasteiger partial charge in [0.15, 0.2) is 0 Å². The van der Waals surface area contributed by atoms with E-state index < -0.39 is 0 Å². The minimum Gasteiger partial charge on any atom is -0.508 e. The van der Waals surface area contributed by atoms with Crippen molar-refractivity contribution in [1.82, 2.24) is 5.32 Å². The maximum Gasteiger partial charge on any atom is 0.115 e. The Kier molecular flexibility index (Phi) is 3.58. The predicted molar refractivity (Wildman–Crippen MR) is 79.7 cm³/mol. The van der Waals surface area contributed by atoms with E-state index >= 15 is 0 Å². The van der Waals surface area contributed by atoms with Crippen molar-refractivity contribution < 1.29 is 5.11 Å². The van der Waals surface area contributed by atoms with Crippen LogP contribution in [0.4, 0.5) is 0 Å². The summed E-state index contributed by atoms with van der Waals surface area (Å²) in [6.45, 7) is 3.07. The van der Waals surface area contributed by atoms with Gasteiger partial charge in [0.05, 0.1) is 0 Å². The third-order valence-corrected chi connectivity index (χ3v) is 4.85. The van der Waals surface area contributed by atoms with Crippen molar-refractivity contribution in [2.24, 2.45) is 0 Å². The van der Waals surface area contributed by atoms with E-state index in [2.05, 4.69) is 29.1 Å². The number of aryl methyl sites for hydroxylation is 2. The number of fused-ring (bicyclic) bond motifs is 1. The molecule has 0 fully saturated rings. The smallest absolute Gasteiger partial charge is 0.115 e. The van der Waals surface area contributed by atoms with Crippen molar-refractivity contribution in [3.05, 3.63) is 51.2 Å². The molecule has 1 aromatic carbocycles. The lowest BCUT2D eigenvalue weighted by atomic mass is 9.87. The van der Waals surface area contributed by atoms with Gasteiger partial charge in [0.1, 0.15) is 5.75 Å². The lowest BCUT2D eigenvalue weighted by Crippen LogP contribution is -2.24. The van der Waals surface area contributed by atoms with Gasteiger partial charge in [0.2, 0.25) is 0 Å². The fourth-order valence-corrected chi connectivity index (χ4v) is 3.66. The number of rotatable bonds is 3. The zero-order valence-corrected chi connectivity index (χ0v) is 12.0. The molecule has 0 saturated heterocycles. The molecule has 1 aliphatic rings. The molecule has 100 valence electrons. The van der Waals surface area contributed by atoms with Crippen molar-refractivity contribution in [3.8, 4) is 5.75 Å². The van der Waals surface area contributed by atoms with Crippen molar-refractivity contribution >= 4 is 11.3 Å². The van der Waals surface area contributed by atoms with Crippen LogP contribution >= 0.6 is 11.3 Å². The fourth-order valence-electron chi connectivity index (χ4n) is 2.80. The van der Waals surface area contributed by atoms with Gasteiger partial charge in [0, 0.05) is 12.6 Å². The highest BCUT2D eigenvalue weighted by atomic mass is 32.1. The summed E-state index contributed by atoms with van der Waals surface area (Å²) in [7, 11) is 0. The molecule has 1 aromatic heterocycles. The SMILES string of the molecule is Cc1cscc1CN[C@@H]1CCCc2ccc(O)cc21. The number of aromatic hydroxyl groups is 1. The molecule has 3 rings (SSSR count). The van der Waals surface area contributed by atoms with Crippen LogP contribution in [0.5, 0.6) is 5.75 Å². The summed E-state index contributed by atoms with van der Waals surface area (Å²) in [6.07, 6.45) is 3.50. The zero-order valence-electron chi connectivity index (χ0n) is 11.1. The fraction of sp³-hybridized carbons (Fsp3) is 0.375. The Morgan fingerprint density at radius 1 is 1.37 bits per heavy atom. The van der Waals surface area contributed by atoms with Gasteiger partial charge in [-0.3, -0.25) is 0 Å². The van der Waals surface area contributed by atoms with E-state index in [1.165, 1.54) is 28.7 Å². The lowest BCUT2D eigenvalue weighted by molar-refractivity contribution is 0.445. The molecular weight excluding hydrogens is 254 g/mol. The Bertz CT molecular complexity index is 576. The third-order valence-electron chi connectivity index (χ3n) is 3.94. The van der Waals surface area contributed by atoms with E-state index in [1.807, 2.05) is 6.07 Å². The van der Waals surface area contributed by atoms with E-state index in [0.717, 1.165) is 19.4 Å². The van der Waals surface area contributed by atoms with Gasteiger partial charge in [-0.1, -0.05) is 6.07 Å². The molecule has 19 heavy (non-hydrogen) atoms. The Balaban J connectivity index is 1.76. The first-order valence-electron chi connectivity index (χ1n) is 6.81. The molecule has 2 aromatic rings. The van der Waals surface area contributed by atoms with Gasteiger partial charge < -0.3 is 10.4 Å². The monoisotopic (exact) mass is 273 g/mol. The Hall–Kier alpha value is -1.32. The predicted octanol–water partition coefficient (Wildman–Crippen LogP) is 3.93. The minimum atomic E-state index is 0.371. The van der Waals surface area contributed by atoms with Gasteiger partial charge in [-0.2, -0.15) is 11.3 Å². The van der Waals surface area contributed by atoms with Crippen LogP contribution in [0.3, 0.4) is 0 Å². The van der Waals surface area contributed by atoms with Crippen molar-refractivity contribution in [1.29, 1.82) is 0 Å². The standard InChI is InChI=1S/C16H19NOS/c1-11-9-19-10-13(11)8-17-16-4-2-3-12-5-6-14(18)7-15(12)16/h5-7,9-10,16-18H,2-4,8H2,1H3/t16-/m1/s1. The largest absolute Gasteiger partial charge is 0.508 e. The van der Waals surface area contributed by atoms with Crippen LogP contribution in [0.1, 0.15) is 41.1 Å². The van der Waals surface area contributed by atoms with Crippen molar-refractivity contribution in [3.63, 3.8) is 0 Å². The molecule has 0 amide bonds. The van der Waals surface area contributed by atoms with E-state index in [9.17, 15) is 5.11 Å². The molecule has 0 bridgehead atoms. The van der Waals surface area contributed by atoms with Gasteiger partial charge in [-0.25, -0.2) is 0 Å². The second kappa shape index (κ2) is 5.35. The maximum absolute atomic E-state index is 9.68. The summed E-state index contributed by atoms with van der Waals surface area (Å²) >= 11 is 1.76. The highest BCUT2D eigenvalue weighted by Gasteiger charge is 2.20. The summed E-state index contributed by atoms with van der Waals surface area (Å²) in [5.41, 5.74) is 5.41. The van der Waals surface area contributed by atoms with Crippen molar-refractivity contribution in [2.45, 2.75) is 38.8 Å². The summed E-state index contributed by atoms with van der Waals surface area (Å²) in [6, 6.07) is 6.15. The number of hydrogen-bond donors (Lipinski definition) is 2. The van der Waals surface area contributed by atoms with Gasteiger partial charge in [-0.15, -0.1) is 0 Å². The van der Waals surface area contributed by atoms with E-state index in [1.54, 1.807) is 17.4 Å². The van der Waals surface area contributed by atoms with Crippen LogP contribution in [0.2, 0.25) is 0 Å². The summed E-state index contributed by atoms with van der Waals surface area (Å²) in [5.74, 6) is 0.374. The van der Waals surface area contributed by atoms with Crippen LogP contribution < -0.4 is 5.32 Å². The molecule has 3 heteroatoms. The number of phenolic OH excluding ortho intramolecular Hbond substituents is 1. The van der Waals surface area contributed by atoms with E-state index in [-0.39, 0.29) is 0 Å². The molecule has 1 aliphatic carbocycles. The van der Waals surface area contributed by atoms with Gasteiger partial charge in [-0.05, 0) is 71.3 Å². The Labute approximate surface area is 118 Å². The molecule has 2 nitrogen and oxygen atoms in total. The van der Waals surface area contributed by atoms with E-state index in [4.69, 9.17) is 0 Å². The Morgan fingerprint density at radius 3 is 3.05 bits per heavy atom. The van der Waals surface area contributed by atoms with E-state index in [0.29, 0.717) is 11.8 Å². The van der Waals surface area contributed by atoms with Crippen LogP contribution in [0, 0.1) is 6.92 Å². The number of hydrogen-bond acceptors (Lipinski definition) is 3. The van der Waals surface area contributed by atoms with Crippen LogP contribution in [0.15, 0.2) is 29.0 Å². The van der Waals surface area contributed by atoms with Crippen LogP contribution in [-0.2, 0) is 13.0 Å². The topological polar surface area (TPSA) is 32.3 Å². The second-order valence-electron chi connectivity index (χ2n) is 5.29. The summed E-state index contributed by atoms with van der Waals surface area (Å²) in [5, 5.41) is 17.7. The molecule has 0 radical (unpaired) electrons. The molecule has 0 unspecified atom stereocenters. The molecule has 0 spiro atoms. The minimum absolute atomic E-state index is 0.371. The Morgan fingerprint density at radius 2 is 2.26 bits per heavy atom. The molecular formula is C16H19NOS. The highest BCUT2D eigenvalue weighted by Crippen LogP contribution is 2.32. The van der Waals surface area contributed by atoms with Gasteiger partial charge >= 0.3 is 0 Å². The normalized spacial score (nSPS) is 18.3. The molecule has 1 heterocycles. The quantitative estimate of drug-likeness (QED) is 0.888. The summed E-state index contributed by atoms with van der Waals surface area (Å²) in [4.78, 5) is 0. The maximum atomic E-state index is 9.68. The number of thiophene rings is 1. The third kappa shape index (κ3) is 2.67. The first kappa shape index (κ1) is 12.7. The first-order valence-corrected chi connectivity index (χ1v) is 7.75. The zero-order chi connectivity index (χ0) is 13.2. The molecule has 1 atom stereocenters. The highest BCUT2D eigenvalue weighted by molar-refractivity contribution is 7.08. The van der Waals surface area contributed by atoms with Crippen molar-refractivity contribution in [2.75, 3.05) is 0 Å². The lowest BCUT2D eigenvalue weighted by Gasteiger charge is -2.26.